The lowest BCUT2D eigenvalue weighted by Crippen LogP contribution is -2.63. The van der Waals surface area contributed by atoms with E-state index in [-0.39, 0.29) is 0 Å². The van der Waals surface area contributed by atoms with Crippen LogP contribution in [-0.2, 0) is 4.74 Å². The Kier molecular flexibility index (Phi) is 4.58. The number of nitrogens with zero attached hydrogens (tertiary/aromatic N) is 2. The lowest BCUT2D eigenvalue weighted by atomic mass is 10.0. The van der Waals surface area contributed by atoms with Gasteiger partial charge in [0.15, 0.2) is 0 Å². The van der Waals surface area contributed by atoms with Crippen LogP contribution in [0.5, 0.6) is 0 Å². The molecular weight excluding hydrogens is 202 g/mol. The van der Waals surface area contributed by atoms with E-state index >= 15 is 0 Å². The van der Waals surface area contributed by atoms with Gasteiger partial charge in [-0.3, -0.25) is 9.80 Å². The molecule has 4 heteroatoms. The Hall–Kier alpha value is -0.160. The van der Waals surface area contributed by atoms with E-state index in [1.54, 1.807) is 7.11 Å². The van der Waals surface area contributed by atoms with Gasteiger partial charge in [-0.1, -0.05) is 6.92 Å². The molecule has 0 aromatic rings. The SMILES string of the molecule is COCC(C)CN1CC(N2CCNCC2)C1. The second kappa shape index (κ2) is 5.96. The molecule has 0 spiro atoms. The van der Waals surface area contributed by atoms with Crippen molar-refractivity contribution in [2.75, 3.05) is 59.5 Å². The fourth-order valence-electron chi connectivity index (χ4n) is 2.75. The van der Waals surface area contributed by atoms with Crippen LogP contribution in [0.15, 0.2) is 0 Å². The van der Waals surface area contributed by atoms with Gasteiger partial charge in [-0.15, -0.1) is 0 Å². The highest BCUT2D eigenvalue weighted by atomic mass is 16.5. The number of methoxy groups -OCH3 is 1. The highest BCUT2D eigenvalue weighted by molar-refractivity contribution is 4.90. The Balaban J connectivity index is 1.61. The molecule has 1 atom stereocenters. The molecule has 0 amide bonds. The van der Waals surface area contributed by atoms with Gasteiger partial charge in [0.05, 0.1) is 0 Å². The third-order valence-corrected chi connectivity index (χ3v) is 3.63. The molecule has 2 aliphatic rings. The number of piperazine rings is 1. The summed E-state index contributed by atoms with van der Waals surface area (Å²) in [6, 6.07) is 0.817. The quantitative estimate of drug-likeness (QED) is 0.707. The first-order chi connectivity index (χ1) is 7.79. The van der Waals surface area contributed by atoms with Crippen molar-refractivity contribution >= 4 is 0 Å². The number of nitrogens with one attached hydrogen (secondary N) is 1. The molecule has 2 heterocycles. The van der Waals surface area contributed by atoms with Crippen LogP contribution in [0.3, 0.4) is 0 Å². The first-order valence-corrected chi connectivity index (χ1v) is 6.45. The van der Waals surface area contributed by atoms with E-state index in [2.05, 4.69) is 22.0 Å². The van der Waals surface area contributed by atoms with Gasteiger partial charge in [0.1, 0.15) is 0 Å². The van der Waals surface area contributed by atoms with E-state index in [0.717, 1.165) is 25.7 Å². The van der Waals surface area contributed by atoms with Crippen LogP contribution in [0.4, 0.5) is 0 Å². The number of likely N-dealkylation sites (tertiary alicyclic amines) is 1. The van der Waals surface area contributed by atoms with Crippen LogP contribution >= 0.6 is 0 Å². The van der Waals surface area contributed by atoms with E-state index in [1.807, 2.05) is 0 Å². The van der Waals surface area contributed by atoms with Gasteiger partial charge < -0.3 is 10.1 Å². The number of rotatable bonds is 5. The fraction of sp³-hybridized carbons (Fsp3) is 1.00. The summed E-state index contributed by atoms with van der Waals surface area (Å²) in [7, 11) is 1.79. The Morgan fingerprint density at radius 1 is 1.31 bits per heavy atom. The molecule has 2 aliphatic heterocycles. The van der Waals surface area contributed by atoms with Gasteiger partial charge >= 0.3 is 0 Å². The zero-order valence-corrected chi connectivity index (χ0v) is 10.6. The maximum absolute atomic E-state index is 5.17. The molecule has 4 nitrogen and oxygen atoms in total. The van der Waals surface area contributed by atoms with Crippen LogP contribution in [0.1, 0.15) is 6.92 Å². The molecule has 1 N–H and O–H groups in total. The maximum atomic E-state index is 5.17. The zero-order valence-electron chi connectivity index (χ0n) is 10.6. The summed E-state index contributed by atoms with van der Waals surface area (Å²) in [6.07, 6.45) is 0. The normalized spacial score (nSPS) is 26.6. The van der Waals surface area contributed by atoms with E-state index in [9.17, 15) is 0 Å². The largest absolute Gasteiger partial charge is 0.384 e. The lowest BCUT2D eigenvalue weighted by Gasteiger charge is -2.47. The minimum Gasteiger partial charge on any atom is -0.384 e. The predicted octanol–water partition coefficient (Wildman–Crippen LogP) is -0.142. The Bertz CT molecular complexity index is 200. The summed E-state index contributed by atoms with van der Waals surface area (Å²) >= 11 is 0. The molecule has 0 bridgehead atoms. The fourth-order valence-corrected chi connectivity index (χ4v) is 2.75. The molecule has 2 saturated heterocycles. The Morgan fingerprint density at radius 2 is 2.00 bits per heavy atom. The first-order valence-electron chi connectivity index (χ1n) is 6.45. The number of hydrogen-bond donors (Lipinski definition) is 1. The molecule has 0 saturated carbocycles. The smallest absolute Gasteiger partial charge is 0.0500 e. The summed E-state index contributed by atoms with van der Waals surface area (Å²) in [4.78, 5) is 5.18. The molecule has 1 unspecified atom stereocenters. The molecule has 0 aromatic carbocycles. The van der Waals surface area contributed by atoms with Gasteiger partial charge in [0.25, 0.3) is 0 Å². The highest BCUT2D eigenvalue weighted by Gasteiger charge is 2.32. The molecule has 2 fully saturated rings. The van der Waals surface area contributed by atoms with Crippen LogP contribution in [-0.4, -0.2) is 75.4 Å². The molecule has 0 radical (unpaired) electrons. The van der Waals surface area contributed by atoms with Crippen molar-refractivity contribution in [2.24, 2.45) is 5.92 Å². The van der Waals surface area contributed by atoms with Gasteiger partial charge in [0.2, 0.25) is 0 Å². The van der Waals surface area contributed by atoms with Gasteiger partial charge in [-0.25, -0.2) is 0 Å². The zero-order chi connectivity index (χ0) is 11.4. The minimum atomic E-state index is 0.661. The van der Waals surface area contributed by atoms with Crippen LogP contribution in [0.2, 0.25) is 0 Å². The molecule has 0 aliphatic carbocycles. The number of ether oxygens (including phenoxy) is 1. The molecule has 94 valence electrons. The Labute approximate surface area is 98.9 Å². The van der Waals surface area contributed by atoms with Crippen molar-refractivity contribution in [1.29, 1.82) is 0 Å². The second-order valence-corrected chi connectivity index (χ2v) is 5.22. The monoisotopic (exact) mass is 227 g/mol. The Morgan fingerprint density at radius 3 is 2.62 bits per heavy atom. The summed E-state index contributed by atoms with van der Waals surface area (Å²) in [5.41, 5.74) is 0. The predicted molar refractivity (Wildman–Crippen MR) is 65.7 cm³/mol. The van der Waals surface area contributed by atoms with Gasteiger partial charge in [-0.05, 0) is 5.92 Å². The summed E-state index contributed by atoms with van der Waals surface area (Å²) in [5.74, 6) is 0.661. The summed E-state index contributed by atoms with van der Waals surface area (Å²) in [5, 5.41) is 3.41. The van der Waals surface area contributed by atoms with Crippen molar-refractivity contribution in [3.05, 3.63) is 0 Å². The van der Waals surface area contributed by atoms with Crippen molar-refractivity contribution in [3.8, 4) is 0 Å². The van der Waals surface area contributed by atoms with E-state index in [4.69, 9.17) is 4.74 Å². The lowest BCUT2D eigenvalue weighted by molar-refractivity contribution is 0.0111. The van der Waals surface area contributed by atoms with Crippen molar-refractivity contribution in [2.45, 2.75) is 13.0 Å². The van der Waals surface area contributed by atoms with Crippen molar-refractivity contribution < 1.29 is 4.74 Å². The number of hydrogen-bond acceptors (Lipinski definition) is 4. The third-order valence-electron chi connectivity index (χ3n) is 3.63. The summed E-state index contributed by atoms with van der Waals surface area (Å²) < 4.78 is 5.17. The molecular formula is C12H25N3O. The standard InChI is InChI=1S/C12H25N3O/c1-11(10-16-2)7-14-8-12(9-14)15-5-3-13-4-6-15/h11-13H,3-10H2,1-2H3. The topological polar surface area (TPSA) is 27.7 Å². The van der Waals surface area contributed by atoms with Crippen molar-refractivity contribution in [1.82, 2.24) is 15.1 Å². The third kappa shape index (κ3) is 3.17. The van der Waals surface area contributed by atoms with Gasteiger partial charge in [-0.2, -0.15) is 0 Å². The van der Waals surface area contributed by atoms with E-state index in [0.29, 0.717) is 5.92 Å². The van der Waals surface area contributed by atoms with Crippen molar-refractivity contribution in [3.63, 3.8) is 0 Å². The average Bonchev–Trinajstić information content (AvgIpc) is 2.24. The first kappa shape index (κ1) is 12.3. The molecule has 0 aromatic heterocycles. The second-order valence-electron chi connectivity index (χ2n) is 5.22. The van der Waals surface area contributed by atoms with Crippen LogP contribution in [0, 0.1) is 5.92 Å². The van der Waals surface area contributed by atoms with Crippen LogP contribution in [0.25, 0.3) is 0 Å². The van der Waals surface area contributed by atoms with E-state index < -0.39 is 0 Å². The van der Waals surface area contributed by atoms with E-state index in [1.165, 1.54) is 32.7 Å². The maximum Gasteiger partial charge on any atom is 0.0500 e. The molecule has 2 rings (SSSR count). The van der Waals surface area contributed by atoms with Crippen LogP contribution < -0.4 is 5.32 Å². The minimum absolute atomic E-state index is 0.661. The molecule has 16 heavy (non-hydrogen) atoms. The summed E-state index contributed by atoms with van der Waals surface area (Å²) in [6.45, 7) is 11.6. The van der Waals surface area contributed by atoms with Gasteiger partial charge in [0, 0.05) is 65.6 Å². The highest BCUT2D eigenvalue weighted by Crippen LogP contribution is 2.16. The average molecular weight is 227 g/mol.